The van der Waals surface area contributed by atoms with E-state index in [1.165, 1.54) is 6.42 Å². The van der Waals surface area contributed by atoms with Crippen molar-refractivity contribution in [1.82, 2.24) is 14.8 Å². The summed E-state index contributed by atoms with van der Waals surface area (Å²) in [5.74, 6) is 3.21. The third-order valence-electron chi connectivity index (χ3n) is 5.31. The van der Waals surface area contributed by atoms with Crippen LogP contribution in [0.25, 0.3) is 5.69 Å². The van der Waals surface area contributed by atoms with Crippen LogP contribution in [0.3, 0.4) is 0 Å². The maximum atomic E-state index is 5.78. The highest BCUT2D eigenvalue weighted by atomic mass is 16.5. The fourth-order valence-corrected chi connectivity index (χ4v) is 3.74. The lowest BCUT2D eigenvalue weighted by Crippen LogP contribution is -2.15. The second-order valence-corrected chi connectivity index (χ2v) is 7.06. The number of aryl methyl sites for hydroxylation is 1. The summed E-state index contributed by atoms with van der Waals surface area (Å²) < 4.78 is 18.5. The Balaban J connectivity index is 1.58. The van der Waals surface area contributed by atoms with Gasteiger partial charge in [0.25, 0.3) is 0 Å². The average Bonchev–Trinajstić information content (AvgIpc) is 3.37. The number of nitrogens with zero attached hydrogens (tertiary/aromatic N) is 3. The van der Waals surface area contributed by atoms with Crippen molar-refractivity contribution >= 4 is 0 Å². The maximum absolute atomic E-state index is 5.78. The summed E-state index contributed by atoms with van der Waals surface area (Å²) in [5.41, 5.74) is 1.03. The number of ether oxygens (including phenoxy) is 3. The van der Waals surface area contributed by atoms with Gasteiger partial charge in [-0.2, -0.15) is 5.10 Å². The fourth-order valence-electron chi connectivity index (χ4n) is 3.74. The van der Waals surface area contributed by atoms with Crippen LogP contribution in [0.4, 0.5) is 0 Å². The molecule has 140 valence electrons. The molecule has 6 nitrogen and oxygen atoms in total. The zero-order valence-corrected chi connectivity index (χ0v) is 15.4. The third kappa shape index (κ3) is 3.91. The molecule has 2 fully saturated rings. The molecule has 1 aromatic carbocycles. The molecule has 2 aromatic rings. The molecule has 0 unspecified atom stereocenters. The quantitative estimate of drug-likeness (QED) is 0.794. The van der Waals surface area contributed by atoms with Crippen molar-refractivity contribution in [2.45, 2.75) is 50.5 Å². The van der Waals surface area contributed by atoms with Crippen molar-refractivity contribution in [2.75, 3.05) is 26.9 Å². The Bertz CT molecular complexity index is 702. The molecule has 2 aliphatic heterocycles. The van der Waals surface area contributed by atoms with Crippen molar-refractivity contribution in [1.29, 1.82) is 0 Å². The van der Waals surface area contributed by atoms with Gasteiger partial charge in [-0.1, -0.05) is 0 Å². The first kappa shape index (κ1) is 17.5. The van der Waals surface area contributed by atoms with Crippen LogP contribution < -0.4 is 4.74 Å². The second-order valence-electron chi connectivity index (χ2n) is 7.06. The van der Waals surface area contributed by atoms with Gasteiger partial charge in [-0.3, -0.25) is 0 Å². The summed E-state index contributed by atoms with van der Waals surface area (Å²) in [6.07, 6.45) is 6.57. The average molecular weight is 357 g/mol. The van der Waals surface area contributed by atoms with E-state index in [-0.39, 0.29) is 0 Å². The summed E-state index contributed by atoms with van der Waals surface area (Å²) in [6, 6.07) is 8.01. The summed E-state index contributed by atoms with van der Waals surface area (Å²) in [5, 5.41) is 4.87. The van der Waals surface area contributed by atoms with Gasteiger partial charge < -0.3 is 14.2 Å². The standard InChI is InChI=1S/C20H27N3O3/c1-24-17-6-4-16(5-7-17)23-19(9-8-18-3-2-12-26-18)21-20(22-23)15-10-13-25-14-11-15/h4-7,15,18H,2-3,8-14H2,1H3/t18-/m1/s1. The van der Waals surface area contributed by atoms with Crippen molar-refractivity contribution in [3.05, 3.63) is 35.9 Å². The van der Waals surface area contributed by atoms with Gasteiger partial charge in [0, 0.05) is 32.2 Å². The van der Waals surface area contributed by atoms with E-state index >= 15 is 0 Å². The molecule has 26 heavy (non-hydrogen) atoms. The number of hydrogen-bond acceptors (Lipinski definition) is 5. The lowest BCUT2D eigenvalue weighted by atomic mass is 10.00. The molecule has 4 rings (SSSR count). The highest BCUT2D eigenvalue weighted by Gasteiger charge is 2.23. The van der Waals surface area contributed by atoms with E-state index in [0.717, 1.165) is 75.0 Å². The van der Waals surface area contributed by atoms with Gasteiger partial charge in [0.05, 0.1) is 18.9 Å². The van der Waals surface area contributed by atoms with Crippen molar-refractivity contribution in [3.8, 4) is 11.4 Å². The Labute approximate surface area is 154 Å². The molecule has 2 saturated heterocycles. The van der Waals surface area contributed by atoms with E-state index in [1.54, 1.807) is 7.11 Å². The Morgan fingerprint density at radius 3 is 2.62 bits per heavy atom. The minimum absolute atomic E-state index is 0.363. The number of methoxy groups -OCH3 is 1. The molecule has 0 radical (unpaired) electrons. The molecule has 0 spiro atoms. The molecule has 0 bridgehead atoms. The van der Waals surface area contributed by atoms with E-state index in [1.807, 2.05) is 28.9 Å². The van der Waals surface area contributed by atoms with E-state index in [0.29, 0.717) is 12.0 Å². The molecule has 6 heteroatoms. The molecule has 0 aliphatic carbocycles. The SMILES string of the molecule is COc1ccc(-n2nc(C3CCOCC3)nc2CC[C@H]2CCCO2)cc1. The summed E-state index contributed by atoms with van der Waals surface area (Å²) in [7, 11) is 1.68. The molecule has 0 amide bonds. The van der Waals surface area contributed by atoms with Crippen molar-refractivity contribution in [3.63, 3.8) is 0 Å². The van der Waals surface area contributed by atoms with E-state index < -0.39 is 0 Å². The van der Waals surface area contributed by atoms with E-state index in [4.69, 9.17) is 24.3 Å². The highest BCUT2D eigenvalue weighted by molar-refractivity contribution is 5.37. The van der Waals surface area contributed by atoms with Crippen molar-refractivity contribution < 1.29 is 14.2 Å². The van der Waals surface area contributed by atoms with Gasteiger partial charge in [-0.25, -0.2) is 9.67 Å². The Morgan fingerprint density at radius 2 is 1.92 bits per heavy atom. The minimum Gasteiger partial charge on any atom is -0.497 e. The van der Waals surface area contributed by atoms with Gasteiger partial charge in [-0.05, 0) is 56.4 Å². The monoisotopic (exact) mass is 357 g/mol. The maximum Gasteiger partial charge on any atom is 0.154 e. The van der Waals surface area contributed by atoms with Crippen LogP contribution in [0.15, 0.2) is 24.3 Å². The molecule has 2 aliphatic rings. The second kappa shape index (κ2) is 8.18. The van der Waals surface area contributed by atoms with Gasteiger partial charge in [0.1, 0.15) is 11.6 Å². The Morgan fingerprint density at radius 1 is 1.12 bits per heavy atom. The Hall–Kier alpha value is -1.92. The molecule has 0 saturated carbocycles. The van der Waals surface area contributed by atoms with Crippen molar-refractivity contribution in [2.24, 2.45) is 0 Å². The zero-order chi connectivity index (χ0) is 17.8. The predicted octanol–water partition coefficient (Wildman–Crippen LogP) is 3.28. The largest absolute Gasteiger partial charge is 0.497 e. The zero-order valence-electron chi connectivity index (χ0n) is 15.4. The van der Waals surface area contributed by atoms with E-state index in [2.05, 4.69) is 0 Å². The van der Waals surface area contributed by atoms with Crippen LogP contribution >= 0.6 is 0 Å². The summed E-state index contributed by atoms with van der Waals surface area (Å²) in [4.78, 5) is 4.92. The van der Waals surface area contributed by atoms with Crippen LogP contribution in [0, 0.1) is 0 Å². The fraction of sp³-hybridized carbons (Fsp3) is 0.600. The Kier molecular flexibility index (Phi) is 5.51. The molecule has 0 N–H and O–H groups in total. The van der Waals surface area contributed by atoms with Crippen LogP contribution in [0.1, 0.15) is 49.7 Å². The highest BCUT2D eigenvalue weighted by Crippen LogP contribution is 2.27. The third-order valence-corrected chi connectivity index (χ3v) is 5.31. The molecular formula is C20H27N3O3. The number of rotatable bonds is 6. The summed E-state index contributed by atoms with van der Waals surface area (Å²) in [6.45, 7) is 2.49. The van der Waals surface area contributed by atoms with E-state index in [9.17, 15) is 0 Å². The topological polar surface area (TPSA) is 58.4 Å². The molecular weight excluding hydrogens is 330 g/mol. The van der Waals surface area contributed by atoms with Crippen LogP contribution in [0.2, 0.25) is 0 Å². The number of aromatic nitrogens is 3. The van der Waals surface area contributed by atoms with Gasteiger partial charge in [0.2, 0.25) is 0 Å². The number of hydrogen-bond donors (Lipinski definition) is 0. The molecule has 3 heterocycles. The van der Waals surface area contributed by atoms with Crippen LogP contribution in [-0.2, 0) is 15.9 Å². The minimum atomic E-state index is 0.363. The lowest BCUT2D eigenvalue weighted by molar-refractivity contribution is 0.0836. The normalized spacial score (nSPS) is 21.2. The van der Waals surface area contributed by atoms with Gasteiger partial charge >= 0.3 is 0 Å². The lowest BCUT2D eigenvalue weighted by Gasteiger charge is -2.18. The first-order valence-electron chi connectivity index (χ1n) is 9.63. The smallest absolute Gasteiger partial charge is 0.154 e. The van der Waals surface area contributed by atoms with Gasteiger partial charge in [0.15, 0.2) is 5.82 Å². The van der Waals surface area contributed by atoms with Gasteiger partial charge in [-0.15, -0.1) is 0 Å². The first-order valence-corrected chi connectivity index (χ1v) is 9.63. The predicted molar refractivity (Wildman–Crippen MR) is 98.0 cm³/mol. The van der Waals surface area contributed by atoms with Crippen LogP contribution in [0.5, 0.6) is 5.75 Å². The first-order chi connectivity index (χ1) is 12.8. The van der Waals surface area contributed by atoms with Crippen LogP contribution in [-0.4, -0.2) is 47.8 Å². The summed E-state index contributed by atoms with van der Waals surface area (Å²) >= 11 is 0. The number of benzene rings is 1. The molecule has 1 atom stereocenters. The molecule has 1 aromatic heterocycles.